The molecule has 0 fully saturated rings. The number of fused-ring (bicyclic) bond motifs is 1. The van der Waals surface area contributed by atoms with Crippen molar-refractivity contribution in [2.24, 2.45) is 0 Å². The number of amides is 1. The van der Waals surface area contributed by atoms with Gasteiger partial charge in [0, 0.05) is 0 Å². The molecule has 0 saturated heterocycles. The van der Waals surface area contributed by atoms with E-state index in [0.29, 0.717) is 15.7 Å². The maximum Gasteiger partial charge on any atom is 0.251 e. The smallest absolute Gasteiger partial charge is 0.251 e. The number of anilines is 2. The molecule has 1 amide bonds. The first kappa shape index (κ1) is 12.3. The second-order valence-electron chi connectivity index (χ2n) is 4.29. The van der Waals surface area contributed by atoms with Crippen molar-refractivity contribution in [1.29, 1.82) is 0 Å². The molecular formula is C14H10Cl2N2O. The lowest BCUT2D eigenvalue weighted by molar-refractivity contribution is -0.117. The Morgan fingerprint density at radius 1 is 0.947 bits per heavy atom. The summed E-state index contributed by atoms with van der Waals surface area (Å²) in [6.45, 7) is 0. The van der Waals surface area contributed by atoms with E-state index in [-0.39, 0.29) is 5.91 Å². The summed E-state index contributed by atoms with van der Waals surface area (Å²) in [6.07, 6.45) is 0. The molecule has 2 aromatic carbocycles. The molecule has 3 nitrogen and oxygen atoms in total. The van der Waals surface area contributed by atoms with Gasteiger partial charge in [0.1, 0.15) is 6.04 Å². The average Bonchev–Trinajstić information content (AvgIpc) is 2.41. The van der Waals surface area contributed by atoms with Crippen LogP contribution >= 0.6 is 23.2 Å². The Kier molecular flexibility index (Phi) is 3.09. The Morgan fingerprint density at radius 2 is 1.58 bits per heavy atom. The number of hydrogen-bond donors (Lipinski definition) is 2. The summed E-state index contributed by atoms with van der Waals surface area (Å²) < 4.78 is 0. The highest BCUT2D eigenvalue weighted by Crippen LogP contribution is 2.37. The molecule has 3 rings (SSSR count). The maximum atomic E-state index is 12.1. The van der Waals surface area contributed by atoms with Crippen molar-refractivity contribution in [2.45, 2.75) is 6.04 Å². The minimum Gasteiger partial charge on any atom is -0.368 e. The van der Waals surface area contributed by atoms with Gasteiger partial charge in [-0.25, -0.2) is 0 Å². The molecule has 1 atom stereocenters. The van der Waals surface area contributed by atoms with Crippen LogP contribution in [-0.4, -0.2) is 5.91 Å². The summed E-state index contributed by atoms with van der Waals surface area (Å²) in [7, 11) is 0. The number of nitrogens with one attached hydrogen (secondary N) is 2. The average molecular weight is 293 g/mol. The van der Waals surface area contributed by atoms with E-state index in [1.165, 1.54) is 0 Å². The van der Waals surface area contributed by atoms with Crippen LogP contribution in [0.25, 0.3) is 0 Å². The van der Waals surface area contributed by atoms with E-state index in [1.54, 1.807) is 12.1 Å². The van der Waals surface area contributed by atoms with Crippen molar-refractivity contribution < 1.29 is 4.79 Å². The first-order valence-corrected chi connectivity index (χ1v) is 6.52. The van der Waals surface area contributed by atoms with Crippen LogP contribution in [0.15, 0.2) is 42.5 Å². The molecule has 5 heteroatoms. The standard InChI is InChI=1S/C14H10Cl2N2O/c15-9-6-11-12(7-10(9)16)18-14(19)13(17-11)8-4-2-1-3-5-8/h1-7,13,17H,(H,18,19)/t13-/m1/s1. The third-order valence-electron chi connectivity index (χ3n) is 3.01. The third kappa shape index (κ3) is 2.27. The van der Waals surface area contributed by atoms with E-state index in [2.05, 4.69) is 10.6 Å². The van der Waals surface area contributed by atoms with Gasteiger partial charge in [0.05, 0.1) is 21.4 Å². The highest BCUT2D eigenvalue weighted by Gasteiger charge is 2.27. The highest BCUT2D eigenvalue weighted by atomic mass is 35.5. The van der Waals surface area contributed by atoms with Crippen molar-refractivity contribution in [2.75, 3.05) is 10.6 Å². The maximum absolute atomic E-state index is 12.1. The van der Waals surface area contributed by atoms with Gasteiger partial charge in [0.2, 0.25) is 0 Å². The van der Waals surface area contributed by atoms with Gasteiger partial charge >= 0.3 is 0 Å². The van der Waals surface area contributed by atoms with E-state index >= 15 is 0 Å². The van der Waals surface area contributed by atoms with Gasteiger partial charge in [-0.05, 0) is 17.7 Å². The lowest BCUT2D eigenvalue weighted by Gasteiger charge is -2.27. The van der Waals surface area contributed by atoms with Crippen molar-refractivity contribution in [3.05, 3.63) is 58.1 Å². The summed E-state index contributed by atoms with van der Waals surface area (Å²) in [5.41, 5.74) is 2.31. The van der Waals surface area contributed by atoms with E-state index in [4.69, 9.17) is 23.2 Å². The van der Waals surface area contributed by atoms with Crippen molar-refractivity contribution in [3.63, 3.8) is 0 Å². The van der Waals surface area contributed by atoms with Crippen LogP contribution in [-0.2, 0) is 4.79 Å². The van der Waals surface area contributed by atoms with Crippen LogP contribution in [0.1, 0.15) is 11.6 Å². The molecule has 0 aliphatic carbocycles. The number of rotatable bonds is 1. The van der Waals surface area contributed by atoms with E-state index in [9.17, 15) is 4.79 Å². The summed E-state index contributed by atoms with van der Waals surface area (Å²) in [5.74, 6) is -0.114. The quantitative estimate of drug-likeness (QED) is 0.831. The van der Waals surface area contributed by atoms with Crippen LogP contribution in [0.5, 0.6) is 0 Å². The molecule has 2 N–H and O–H groups in total. The number of halogens is 2. The molecule has 0 unspecified atom stereocenters. The molecule has 1 aliphatic heterocycles. The van der Waals surface area contributed by atoms with Gasteiger partial charge in [-0.2, -0.15) is 0 Å². The first-order chi connectivity index (χ1) is 9.15. The fraction of sp³-hybridized carbons (Fsp3) is 0.0714. The highest BCUT2D eigenvalue weighted by molar-refractivity contribution is 6.42. The fourth-order valence-electron chi connectivity index (χ4n) is 2.08. The molecule has 1 heterocycles. The molecule has 1 aliphatic rings. The van der Waals surface area contributed by atoms with Crippen LogP contribution in [0.3, 0.4) is 0 Å². The molecule has 0 saturated carbocycles. The van der Waals surface area contributed by atoms with E-state index in [1.807, 2.05) is 30.3 Å². The van der Waals surface area contributed by atoms with Gasteiger partial charge in [-0.1, -0.05) is 53.5 Å². The predicted octanol–water partition coefficient (Wildman–Crippen LogP) is 4.10. The SMILES string of the molecule is O=C1Nc2cc(Cl)c(Cl)cc2N[C@@H]1c1ccccc1. The van der Waals surface area contributed by atoms with Gasteiger partial charge in [0.15, 0.2) is 0 Å². The minimum atomic E-state index is -0.425. The van der Waals surface area contributed by atoms with Gasteiger partial charge < -0.3 is 10.6 Å². The summed E-state index contributed by atoms with van der Waals surface area (Å²) in [6, 6.07) is 12.4. The monoisotopic (exact) mass is 292 g/mol. The Labute approximate surface area is 120 Å². The van der Waals surface area contributed by atoms with E-state index < -0.39 is 6.04 Å². The van der Waals surface area contributed by atoms with Crippen LogP contribution in [0.4, 0.5) is 11.4 Å². The van der Waals surface area contributed by atoms with Crippen LogP contribution < -0.4 is 10.6 Å². The van der Waals surface area contributed by atoms with Crippen LogP contribution in [0, 0.1) is 0 Å². The van der Waals surface area contributed by atoms with Crippen LogP contribution in [0.2, 0.25) is 10.0 Å². The number of carbonyl (C=O) groups excluding carboxylic acids is 1. The first-order valence-electron chi connectivity index (χ1n) is 5.76. The van der Waals surface area contributed by atoms with Gasteiger partial charge in [-0.3, -0.25) is 4.79 Å². The van der Waals surface area contributed by atoms with Gasteiger partial charge in [-0.15, -0.1) is 0 Å². The topological polar surface area (TPSA) is 41.1 Å². The van der Waals surface area contributed by atoms with Crippen molar-refractivity contribution in [1.82, 2.24) is 0 Å². The molecule has 0 aromatic heterocycles. The fourth-order valence-corrected chi connectivity index (χ4v) is 2.40. The molecule has 0 radical (unpaired) electrons. The Bertz CT molecular complexity index is 643. The Balaban J connectivity index is 2.00. The summed E-state index contributed by atoms with van der Waals surface area (Å²) >= 11 is 11.9. The molecular weight excluding hydrogens is 283 g/mol. The number of benzene rings is 2. The number of hydrogen-bond acceptors (Lipinski definition) is 2. The zero-order valence-electron chi connectivity index (χ0n) is 9.78. The second kappa shape index (κ2) is 4.76. The summed E-state index contributed by atoms with van der Waals surface area (Å²) in [4.78, 5) is 12.1. The normalized spacial score (nSPS) is 17.4. The molecule has 19 heavy (non-hydrogen) atoms. The zero-order chi connectivity index (χ0) is 13.4. The molecule has 0 bridgehead atoms. The van der Waals surface area contributed by atoms with Gasteiger partial charge in [0.25, 0.3) is 5.91 Å². The zero-order valence-corrected chi connectivity index (χ0v) is 11.3. The van der Waals surface area contributed by atoms with Crippen molar-refractivity contribution in [3.8, 4) is 0 Å². The summed E-state index contributed by atoms with van der Waals surface area (Å²) in [5, 5.41) is 6.88. The lowest BCUT2D eigenvalue weighted by Crippen LogP contribution is -2.31. The second-order valence-corrected chi connectivity index (χ2v) is 5.10. The largest absolute Gasteiger partial charge is 0.368 e. The lowest BCUT2D eigenvalue weighted by atomic mass is 10.0. The Hall–Kier alpha value is -1.71. The predicted molar refractivity (Wildman–Crippen MR) is 77.9 cm³/mol. The minimum absolute atomic E-state index is 0.114. The molecule has 0 spiro atoms. The Morgan fingerprint density at radius 3 is 2.26 bits per heavy atom. The van der Waals surface area contributed by atoms with E-state index in [0.717, 1.165) is 11.3 Å². The molecule has 2 aromatic rings. The third-order valence-corrected chi connectivity index (χ3v) is 3.74. The molecule has 96 valence electrons. The van der Waals surface area contributed by atoms with Crippen molar-refractivity contribution >= 4 is 40.5 Å². The number of carbonyl (C=O) groups is 1.